The first-order chi connectivity index (χ1) is 12.7. The van der Waals surface area contributed by atoms with Crippen LogP contribution < -0.4 is 5.43 Å². The van der Waals surface area contributed by atoms with Crippen molar-refractivity contribution >= 4 is 45.8 Å². The van der Waals surface area contributed by atoms with Crippen molar-refractivity contribution in [3.63, 3.8) is 0 Å². The van der Waals surface area contributed by atoms with Gasteiger partial charge in [0.25, 0.3) is 11.8 Å². The monoisotopic (exact) mass is 365 g/mol. The van der Waals surface area contributed by atoms with Crippen LogP contribution in [-0.4, -0.2) is 41.2 Å². The van der Waals surface area contributed by atoms with Crippen molar-refractivity contribution in [2.75, 3.05) is 18.6 Å². The summed E-state index contributed by atoms with van der Waals surface area (Å²) in [4.78, 5) is 27.4. The number of imide groups is 1. The van der Waals surface area contributed by atoms with E-state index in [0.717, 1.165) is 20.9 Å². The Morgan fingerprint density at radius 2 is 1.88 bits per heavy atom. The standard InChI is InChI=1S/C19H15N3O3S/c23-9-8-22-18(24)14-5-1-4-13-16(7-6-15(17(13)14)19(22)25)21-20-11-12-3-2-10-26-12/h1-7,10-11,21,23H,8-9H2/b20-11+. The molecule has 6 nitrogen and oxygen atoms in total. The Kier molecular flexibility index (Phi) is 4.24. The Labute approximate surface area is 153 Å². The van der Waals surface area contributed by atoms with Crippen LogP contribution in [0, 0.1) is 0 Å². The van der Waals surface area contributed by atoms with Crippen molar-refractivity contribution in [3.05, 3.63) is 63.8 Å². The fourth-order valence-corrected chi connectivity index (χ4v) is 3.66. The Bertz CT molecular complexity index is 1010. The van der Waals surface area contributed by atoms with Crippen molar-refractivity contribution in [1.29, 1.82) is 0 Å². The number of aliphatic hydroxyl groups is 1. The highest BCUT2D eigenvalue weighted by Crippen LogP contribution is 2.34. The average Bonchev–Trinajstić information content (AvgIpc) is 3.17. The van der Waals surface area contributed by atoms with Gasteiger partial charge >= 0.3 is 0 Å². The first kappa shape index (κ1) is 16.4. The maximum Gasteiger partial charge on any atom is 0.261 e. The number of hydrogen-bond acceptors (Lipinski definition) is 6. The zero-order valence-corrected chi connectivity index (χ0v) is 14.5. The van der Waals surface area contributed by atoms with E-state index in [0.29, 0.717) is 16.5 Å². The molecule has 2 amide bonds. The highest BCUT2D eigenvalue weighted by molar-refractivity contribution is 7.11. The maximum absolute atomic E-state index is 12.6. The number of thiophene rings is 1. The summed E-state index contributed by atoms with van der Waals surface area (Å²) in [7, 11) is 0. The second-order valence-corrected chi connectivity index (χ2v) is 6.74. The van der Waals surface area contributed by atoms with Crippen LogP contribution in [0.25, 0.3) is 10.8 Å². The first-order valence-corrected chi connectivity index (χ1v) is 8.94. The Morgan fingerprint density at radius 1 is 1.08 bits per heavy atom. The zero-order chi connectivity index (χ0) is 18.1. The van der Waals surface area contributed by atoms with Crippen LogP contribution in [0.3, 0.4) is 0 Å². The molecule has 0 saturated heterocycles. The first-order valence-electron chi connectivity index (χ1n) is 8.06. The number of carbonyl (C=O) groups excluding carboxylic acids is 2. The second-order valence-electron chi connectivity index (χ2n) is 5.76. The van der Waals surface area contributed by atoms with Gasteiger partial charge in [0.1, 0.15) is 0 Å². The number of nitrogens with zero attached hydrogens (tertiary/aromatic N) is 2. The van der Waals surface area contributed by atoms with Gasteiger partial charge < -0.3 is 5.11 Å². The molecule has 130 valence electrons. The lowest BCUT2D eigenvalue weighted by Gasteiger charge is -2.27. The minimum absolute atomic E-state index is 0.0153. The third kappa shape index (κ3) is 2.67. The molecule has 4 rings (SSSR count). The largest absolute Gasteiger partial charge is 0.395 e. The summed E-state index contributed by atoms with van der Waals surface area (Å²) in [6, 6.07) is 12.7. The average molecular weight is 365 g/mol. The van der Waals surface area contributed by atoms with Crippen LogP contribution >= 0.6 is 11.3 Å². The van der Waals surface area contributed by atoms with Gasteiger partial charge in [-0.2, -0.15) is 5.10 Å². The highest BCUT2D eigenvalue weighted by Gasteiger charge is 2.32. The molecule has 0 fully saturated rings. The van der Waals surface area contributed by atoms with Gasteiger partial charge in [-0.25, -0.2) is 0 Å². The van der Waals surface area contributed by atoms with Crippen molar-refractivity contribution in [2.45, 2.75) is 0 Å². The number of amides is 2. The summed E-state index contributed by atoms with van der Waals surface area (Å²) in [5.41, 5.74) is 4.62. The van der Waals surface area contributed by atoms with Gasteiger partial charge in [-0.1, -0.05) is 18.2 Å². The summed E-state index contributed by atoms with van der Waals surface area (Å²) in [6.45, 7) is -0.279. The van der Waals surface area contributed by atoms with Crippen LogP contribution in [0.2, 0.25) is 0 Å². The molecule has 0 aliphatic carbocycles. The molecule has 2 N–H and O–H groups in total. The van der Waals surface area contributed by atoms with E-state index >= 15 is 0 Å². The summed E-state index contributed by atoms with van der Waals surface area (Å²) in [5.74, 6) is -0.775. The zero-order valence-electron chi connectivity index (χ0n) is 13.7. The molecule has 0 unspecified atom stereocenters. The topological polar surface area (TPSA) is 82.0 Å². The predicted octanol–water partition coefficient (Wildman–Crippen LogP) is 2.94. The van der Waals surface area contributed by atoms with E-state index in [1.807, 2.05) is 23.6 Å². The van der Waals surface area contributed by atoms with E-state index in [9.17, 15) is 9.59 Å². The van der Waals surface area contributed by atoms with Gasteiger partial charge in [-0.15, -0.1) is 11.3 Å². The number of anilines is 1. The SMILES string of the molecule is O=C1c2cccc3c(N/N=C/c4cccs4)ccc(c23)C(=O)N1CCO. The molecule has 7 heteroatoms. The number of rotatable bonds is 5. The molecule has 0 bridgehead atoms. The van der Waals surface area contributed by atoms with Gasteiger partial charge in [0.2, 0.25) is 0 Å². The van der Waals surface area contributed by atoms with E-state index in [-0.39, 0.29) is 25.0 Å². The lowest BCUT2D eigenvalue weighted by molar-refractivity contribution is 0.0580. The second kappa shape index (κ2) is 6.70. The lowest BCUT2D eigenvalue weighted by Crippen LogP contribution is -2.41. The van der Waals surface area contributed by atoms with Gasteiger partial charge in [-0.3, -0.25) is 19.9 Å². The van der Waals surface area contributed by atoms with Crippen LogP contribution in [0.15, 0.2) is 52.9 Å². The highest BCUT2D eigenvalue weighted by atomic mass is 32.1. The third-order valence-corrected chi connectivity index (χ3v) is 5.04. The van der Waals surface area contributed by atoms with Crippen molar-refractivity contribution in [3.8, 4) is 0 Å². The Morgan fingerprint density at radius 3 is 2.62 bits per heavy atom. The van der Waals surface area contributed by atoms with Crippen molar-refractivity contribution in [2.24, 2.45) is 5.10 Å². The molecular weight excluding hydrogens is 350 g/mol. The Balaban J connectivity index is 1.77. The number of nitrogens with one attached hydrogen (secondary N) is 1. The quantitative estimate of drug-likeness (QED) is 0.414. The molecule has 1 aliphatic rings. The summed E-state index contributed by atoms with van der Waals surface area (Å²) < 4.78 is 0. The number of hydrazone groups is 1. The normalized spacial score (nSPS) is 13.8. The number of aliphatic hydroxyl groups excluding tert-OH is 1. The van der Waals surface area contributed by atoms with E-state index < -0.39 is 0 Å². The van der Waals surface area contributed by atoms with E-state index in [1.165, 1.54) is 0 Å². The fraction of sp³-hybridized carbons (Fsp3) is 0.105. The van der Waals surface area contributed by atoms with Crippen LogP contribution in [0.5, 0.6) is 0 Å². The lowest BCUT2D eigenvalue weighted by atomic mass is 9.93. The summed E-state index contributed by atoms with van der Waals surface area (Å²) in [6.07, 6.45) is 1.72. The van der Waals surface area contributed by atoms with Gasteiger partial charge in [0.05, 0.1) is 25.1 Å². The van der Waals surface area contributed by atoms with E-state index in [2.05, 4.69) is 10.5 Å². The third-order valence-electron chi connectivity index (χ3n) is 4.24. The molecule has 3 aromatic rings. The number of β-amino-alcohol motifs (C(OH)–C–C–N with tert-alkyl or cyclic N) is 1. The summed E-state index contributed by atoms with van der Waals surface area (Å²) in [5, 5.41) is 16.7. The number of benzene rings is 2. The number of carbonyl (C=O) groups is 2. The van der Waals surface area contributed by atoms with E-state index in [4.69, 9.17) is 5.11 Å². The predicted molar refractivity (Wildman–Crippen MR) is 102 cm³/mol. The van der Waals surface area contributed by atoms with Crippen LogP contribution in [-0.2, 0) is 0 Å². The molecule has 2 aromatic carbocycles. The van der Waals surface area contributed by atoms with E-state index in [1.54, 1.807) is 41.8 Å². The van der Waals surface area contributed by atoms with Gasteiger partial charge in [0, 0.05) is 26.8 Å². The fourth-order valence-electron chi connectivity index (χ4n) is 3.08. The molecule has 1 aliphatic heterocycles. The molecule has 0 atom stereocenters. The maximum atomic E-state index is 12.6. The minimum Gasteiger partial charge on any atom is -0.395 e. The van der Waals surface area contributed by atoms with Crippen molar-refractivity contribution in [1.82, 2.24) is 4.90 Å². The molecule has 0 radical (unpaired) electrons. The number of hydrogen-bond donors (Lipinski definition) is 2. The molecule has 2 heterocycles. The Hall–Kier alpha value is -3.03. The van der Waals surface area contributed by atoms with Crippen LogP contribution in [0.1, 0.15) is 25.6 Å². The molecular formula is C19H15N3O3S. The molecule has 0 spiro atoms. The van der Waals surface area contributed by atoms with Crippen LogP contribution in [0.4, 0.5) is 5.69 Å². The van der Waals surface area contributed by atoms with Gasteiger partial charge in [-0.05, 0) is 29.6 Å². The molecule has 1 aromatic heterocycles. The van der Waals surface area contributed by atoms with Gasteiger partial charge in [0.15, 0.2) is 0 Å². The molecule has 0 saturated carbocycles. The smallest absolute Gasteiger partial charge is 0.261 e. The summed E-state index contributed by atoms with van der Waals surface area (Å²) >= 11 is 1.58. The molecule has 26 heavy (non-hydrogen) atoms. The van der Waals surface area contributed by atoms with Crippen molar-refractivity contribution < 1.29 is 14.7 Å². The minimum atomic E-state index is -0.388.